The first kappa shape index (κ1) is 43.1. The van der Waals surface area contributed by atoms with Crippen molar-refractivity contribution in [1.29, 1.82) is 0 Å². The van der Waals surface area contributed by atoms with Crippen LogP contribution in [0.4, 0.5) is 0 Å². The van der Waals surface area contributed by atoms with E-state index in [-0.39, 0.29) is 12.5 Å². The molecular weight excluding hydrogens is 542 g/mol. The number of carbonyl (C=O) groups is 1. The number of hydrogen-bond acceptors (Lipinski definition) is 3. The predicted octanol–water partition coefficient (Wildman–Crippen LogP) is 11.9. The lowest BCUT2D eigenvalue weighted by Gasteiger charge is -2.20. The Kier molecular flexibility index (Phi) is 35.9. The molecule has 4 heteroatoms. The quantitative estimate of drug-likeness (QED) is 0.0481. The highest BCUT2D eigenvalue weighted by Gasteiger charge is 2.17. The maximum Gasteiger partial charge on any atom is 0.220 e. The molecule has 3 N–H and O–H groups in total. The van der Waals surface area contributed by atoms with E-state index in [0.717, 1.165) is 25.7 Å². The molecule has 1 amide bonds. The molecule has 0 bridgehead atoms. The zero-order chi connectivity index (χ0) is 32.2. The largest absolute Gasteiger partial charge is 0.394 e. The summed E-state index contributed by atoms with van der Waals surface area (Å²) in [6.07, 6.45) is 44.6. The molecule has 262 valence electrons. The fourth-order valence-corrected chi connectivity index (χ4v) is 6.18. The van der Waals surface area contributed by atoms with E-state index in [0.29, 0.717) is 6.42 Å². The molecule has 0 saturated heterocycles. The van der Waals surface area contributed by atoms with Crippen molar-refractivity contribution in [2.45, 2.75) is 231 Å². The highest BCUT2D eigenvalue weighted by Crippen LogP contribution is 2.16. The smallest absolute Gasteiger partial charge is 0.220 e. The number of unbranched alkanes of at least 4 members (excludes halogenated alkanes) is 29. The number of allylic oxidation sites excluding steroid dienone is 1. The SMILES string of the molecule is CCCCCCCCCCCCCCCCCCCCCCC/C=C/C(O)C(CO)NC(=O)CCCCCCCCCCC. The highest BCUT2D eigenvalue weighted by atomic mass is 16.3. The van der Waals surface area contributed by atoms with Crippen LogP contribution in [0.25, 0.3) is 0 Å². The predicted molar refractivity (Wildman–Crippen MR) is 193 cm³/mol. The number of aliphatic hydroxyl groups excluding tert-OH is 2. The van der Waals surface area contributed by atoms with Crippen LogP contribution in [0.2, 0.25) is 0 Å². The van der Waals surface area contributed by atoms with E-state index in [1.165, 1.54) is 173 Å². The summed E-state index contributed by atoms with van der Waals surface area (Å²) in [5, 5.41) is 22.9. The summed E-state index contributed by atoms with van der Waals surface area (Å²) < 4.78 is 0. The Bertz CT molecular complexity index is 593. The Hall–Kier alpha value is -0.870. The van der Waals surface area contributed by atoms with Gasteiger partial charge in [-0.25, -0.2) is 0 Å². The number of aliphatic hydroxyl groups is 2. The van der Waals surface area contributed by atoms with Crippen LogP contribution >= 0.6 is 0 Å². The minimum absolute atomic E-state index is 0.0659. The zero-order valence-corrected chi connectivity index (χ0v) is 29.9. The Balaban J connectivity index is 3.49. The summed E-state index contributed by atoms with van der Waals surface area (Å²) in [6.45, 7) is 4.29. The van der Waals surface area contributed by atoms with E-state index in [1.54, 1.807) is 6.08 Å². The number of amides is 1. The van der Waals surface area contributed by atoms with Crippen molar-refractivity contribution < 1.29 is 15.0 Å². The Morgan fingerprint density at radius 1 is 0.523 bits per heavy atom. The van der Waals surface area contributed by atoms with Crippen LogP contribution in [-0.4, -0.2) is 34.9 Å². The van der Waals surface area contributed by atoms with Gasteiger partial charge in [0.15, 0.2) is 0 Å². The van der Waals surface area contributed by atoms with Crippen LogP contribution in [-0.2, 0) is 4.79 Å². The number of rotatable bonds is 36. The molecule has 0 aromatic carbocycles. The van der Waals surface area contributed by atoms with E-state index in [9.17, 15) is 15.0 Å². The van der Waals surface area contributed by atoms with Gasteiger partial charge in [0.1, 0.15) is 0 Å². The van der Waals surface area contributed by atoms with E-state index in [4.69, 9.17) is 0 Å². The number of nitrogens with one attached hydrogen (secondary N) is 1. The summed E-state index contributed by atoms with van der Waals surface area (Å²) >= 11 is 0. The molecule has 0 aliphatic rings. The van der Waals surface area contributed by atoms with Crippen molar-refractivity contribution in [3.05, 3.63) is 12.2 Å². The minimum Gasteiger partial charge on any atom is -0.394 e. The van der Waals surface area contributed by atoms with Crippen molar-refractivity contribution in [3.8, 4) is 0 Å². The molecule has 0 saturated carbocycles. The van der Waals surface area contributed by atoms with Gasteiger partial charge in [-0.1, -0.05) is 206 Å². The number of hydrogen-bond donors (Lipinski definition) is 3. The normalized spacial score (nSPS) is 13.1. The molecule has 0 aromatic heterocycles. The second kappa shape index (κ2) is 36.6. The molecule has 0 rings (SSSR count). The van der Waals surface area contributed by atoms with Crippen LogP contribution in [0.1, 0.15) is 219 Å². The molecule has 4 nitrogen and oxygen atoms in total. The maximum absolute atomic E-state index is 12.2. The van der Waals surface area contributed by atoms with Gasteiger partial charge in [-0.15, -0.1) is 0 Å². The van der Waals surface area contributed by atoms with Gasteiger partial charge >= 0.3 is 0 Å². The summed E-state index contributed by atoms with van der Waals surface area (Å²) in [7, 11) is 0. The number of carbonyl (C=O) groups excluding carboxylic acids is 1. The topological polar surface area (TPSA) is 69.6 Å². The van der Waals surface area contributed by atoms with Crippen LogP contribution in [0.5, 0.6) is 0 Å². The third-order valence-corrected chi connectivity index (χ3v) is 9.27. The minimum atomic E-state index is -0.832. The fraction of sp³-hybridized carbons (Fsp3) is 0.925. The van der Waals surface area contributed by atoms with Gasteiger partial charge < -0.3 is 15.5 Å². The molecule has 2 unspecified atom stereocenters. The maximum atomic E-state index is 12.2. The van der Waals surface area contributed by atoms with Crippen molar-refractivity contribution in [2.75, 3.05) is 6.61 Å². The lowest BCUT2D eigenvalue weighted by Crippen LogP contribution is -2.45. The average molecular weight is 622 g/mol. The summed E-state index contributed by atoms with van der Waals surface area (Å²) in [5.74, 6) is -0.0659. The van der Waals surface area contributed by atoms with Crippen molar-refractivity contribution in [2.24, 2.45) is 0 Å². The van der Waals surface area contributed by atoms with Crippen molar-refractivity contribution >= 4 is 5.91 Å². The Morgan fingerprint density at radius 3 is 1.18 bits per heavy atom. The monoisotopic (exact) mass is 622 g/mol. The second-order valence-electron chi connectivity index (χ2n) is 13.7. The van der Waals surface area contributed by atoms with Gasteiger partial charge in [0.05, 0.1) is 18.8 Å². The third-order valence-electron chi connectivity index (χ3n) is 9.27. The van der Waals surface area contributed by atoms with E-state index < -0.39 is 12.1 Å². The first-order valence-corrected chi connectivity index (χ1v) is 19.9. The Labute approximate surface area is 276 Å². The van der Waals surface area contributed by atoms with Gasteiger partial charge in [-0.3, -0.25) is 4.79 Å². The summed E-state index contributed by atoms with van der Waals surface area (Å²) in [5.41, 5.74) is 0. The molecule has 0 heterocycles. The van der Waals surface area contributed by atoms with Crippen LogP contribution < -0.4 is 5.32 Å². The first-order valence-electron chi connectivity index (χ1n) is 19.9. The van der Waals surface area contributed by atoms with Crippen LogP contribution in [0, 0.1) is 0 Å². The van der Waals surface area contributed by atoms with E-state index >= 15 is 0 Å². The zero-order valence-electron chi connectivity index (χ0n) is 29.9. The molecule has 0 fully saturated rings. The van der Waals surface area contributed by atoms with E-state index in [2.05, 4.69) is 19.2 Å². The molecule has 0 aliphatic heterocycles. The Morgan fingerprint density at radius 2 is 0.841 bits per heavy atom. The molecular formula is C40H79NO3. The molecule has 0 aliphatic carbocycles. The van der Waals surface area contributed by atoms with Gasteiger partial charge in [-0.05, 0) is 19.3 Å². The van der Waals surface area contributed by atoms with Crippen molar-refractivity contribution in [1.82, 2.24) is 5.32 Å². The van der Waals surface area contributed by atoms with Gasteiger partial charge in [-0.2, -0.15) is 0 Å². The van der Waals surface area contributed by atoms with E-state index in [1.807, 2.05) is 6.08 Å². The first-order chi connectivity index (χ1) is 21.7. The van der Waals surface area contributed by atoms with Gasteiger partial charge in [0, 0.05) is 6.42 Å². The van der Waals surface area contributed by atoms with Crippen LogP contribution in [0.3, 0.4) is 0 Å². The molecule has 0 radical (unpaired) electrons. The van der Waals surface area contributed by atoms with Crippen molar-refractivity contribution in [3.63, 3.8) is 0 Å². The van der Waals surface area contributed by atoms with Gasteiger partial charge in [0.25, 0.3) is 0 Å². The average Bonchev–Trinajstić information content (AvgIpc) is 3.03. The standard InChI is InChI=1S/C40H79NO3/c1-3-5-7-9-11-13-14-15-16-17-18-19-20-21-22-23-24-25-26-28-29-31-33-35-39(43)38(37-42)41-40(44)36-34-32-30-27-12-10-8-6-4-2/h33,35,38-39,42-43H,3-32,34,36-37H2,1-2H3,(H,41,44)/b35-33+. The third kappa shape index (κ3) is 32.5. The molecule has 44 heavy (non-hydrogen) atoms. The highest BCUT2D eigenvalue weighted by molar-refractivity contribution is 5.76. The molecule has 2 atom stereocenters. The van der Waals surface area contributed by atoms with Crippen LogP contribution in [0.15, 0.2) is 12.2 Å². The fourth-order valence-electron chi connectivity index (χ4n) is 6.18. The summed E-state index contributed by atoms with van der Waals surface area (Å²) in [4.78, 5) is 12.2. The lowest BCUT2D eigenvalue weighted by molar-refractivity contribution is -0.123. The lowest BCUT2D eigenvalue weighted by atomic mass is 10.0. The molecule has 0 aromatic rings. The second-order valence-corrected chi connectivity index (χ2v) is 13.7. The summed E-state index contributed by atoms with van der Waals surface area (Å²) in [6, 6.07) is -0.614. The van der Waals surface area contributed by atoms with Gasteiger partial charge in [0.2, 0.25) is 5.91 Å². The molecule has 0 spiro atoms.